The van der Waals surface area contributed by atoms with Gasteiger partial charge in [0.25, 0.3) is 0 Å². The third-order valence-electron chi connectivity index (χ3n) is 2.27. The molecule has 0 saturated heterocycles. The van der Waals surface area contributed by atoms with E-state index in [4.69, 9.17) is 16.7 Å². The Hall–Kier alpha value is -0.990. The Bertz CT molecular complexity index is 447. The van der Waals surface area contributed by atoms with Gasteiger partial charge in [0.1, 0.15) is 0 Å². The van der Waals surface area contributed by atoms with Crippen LogP contribution in [0, 0.1) is 0 Å². The van der Waals surface area contributed by atoms with Crippen LogP contribution in [0.5, 0.6) is 0 Å². The highest BCUT2D eigenvalue weighted by atomic mass is 35.5. The van der Waals surface area contributed by atoms with Crippen molar-refractivity contribution in [3.63, 3.8) is 0 Å². The first-order chi connectivity index (χ1) is 6.24. The average molecular weight is 196 g/mol. The molecular formula is C10H10ClNO. The van der Waals surface area contributed by atoms with E-state index in [-0.39, 0.29) is 6.61 Å². The van der Waals surface area contributed by atoms with E-state index in [1.165, 1.54) is 0 Å². The second kappa shape index (κ2) is 3.05. The van der Waals surface area contributed by atoms with Gasteiger partial charge in [-0.1, -0.05) is 23.7 Å². The molecule has 0 radical (unpaired) electrons. The van der Waals surface area contributed by atoms with E-state index in [9.17, 15) is 0 Å². The van der Waals surface area contributed by atoms with Crippen LogP contribution in [-0.2, 0) is 13.7 Å². The van der Waals surface area contributed by atoms with E-state index < -0.39 is 0 Å². The first kappa shape index (κ1) is 8.60. The summed E-state index contributed by atoms with van der Waals surface area (Å²) in [6.07, 6.45) is 0. The first-order valence-electron chi connectivity index (χ1n) is 4.07. The summed E-state index contributed by atoms with van der Waals surface area (Å²) in [5.41, 5.74) is 1.86. The number of nitrogens with zero attached hydrogens (tertiary/aromatic N) is 1. The molecule has 13 heavy (non-hydrogen) atoms. The number of hydrogen-bond acceptors (Lipinski definition) is 1. The standard InChI is InChI=1S/C10H10ClNO/c1-12-8(6-13)5-7-3-2-4-9(11)10(7)12/h2-5,13H,6H2,1H3. The number of halogens is 1. The minimum absolute atomic E-state index is 0.0432. The summed E-state index contributed by atoms with van der Waals surface area (Å²) in [7, 11) is 1.90. The van der Waals surface area contributed by atoms with Crippen molar-refractivity contribution in [3.05, 3.63) is 35.0 Å². The zero-order chi connectivity index (χ0) is 9.42. The molecule has 0 aliphatic heterocycles. The normalized spacial score (nSPS) is 11.0. The molecule has 2 aromatic rings. The smallest absolute Gasteiger partial charge is 0.0833 e. The Morgan fingerprint density at radius 2 is 2.23 bits per heavy atom. The first-order valence-corrected chi connectivity index (χ1v) is 4.45. The lowest BCUT2D eigenvalue weighted by atomic mass is 10.2. The fourth-order valence-electron chi connectivity index (χ4n) is 1.57. The quantitative estimate of drug-likeness (QED) is 0.743. The number of aliphatic hydroxyl groups is 1. The molecule has 0 bridgehead atoms. The highest BCUT2D eigenvalue weighted by molar-refractivity contribution is 6.35. The lowest BCUT2D eigenvalue weighted by molar-refractivity contribution is 0.273. The van der Waals surface area contributed by atoms with E-state index in [1.54, 1.807) is 0 Å². The van der Waals surface area contributed by atoms with Crippen LogP contribution < -0.4 is 0 Å². The number of rotatable bonds is 1. The van der Waals surface area contributed by atoms with Gasteiger partial charge in [0.05, 0.1) is 17.1 Å². The van der Waals surface area contributed by atoms with Crippen LogP contribution in [0.3, 0.4) is 0 Å². The van der Waals surface area contributed by atoms with Crippen molar-refractivity contribution >= 4 is 22.5 Å². The maximum Gasteiger partial charge on any atom is 0.0833 e. The van der Waals surface area contributed by atoms with E-state index in [2.05, 4.69) is 0 Å². The van der Waals surface area contributed by atoms with Crippen LogP contribution in [0.1, 0.15) is 5.69 Å². The third kappa shape index (κ3) is 1.23. The number of aryl methyl sites for hydroxylation is 1. The zero-order valence-electron chi connectivity index (χ0n) is 7.29. The number of aromatic nitrogens is 1. The number of fused-ring (bicyclic) bond motifs is 1. The maximum absolute atomic E-state index is 9.05. The molecule has 68 valence electrons. The molecule has 1 aromatic carbocycles. The average Bonchev–Trinajstić information content (AvgIpc) is 2.44. The lowest BCUT2D eigenvalue weighted by Gasteiger charge is -2.01. The molecular weight excluding hydrogens is 186 g/mol. The van der Waals surface area contributed by atoms with Gasteiger partial charge in [-0.2, -0.15) is 0 Å². The number of aliphatic hydroxyl groups excluding tert-OH is 1. The molecule has 0 aliphatic carbocycles. The summed E-state index contributed by atoms with van der Waals surface area (Å²) in [6, 6.07) is 7.69. The Labute approximate surface area is 81.4 Å². The van der Waals surface area contributed by atoms with Crippen molar-refractivity contribution < 1.29 is 5.11 Å². The molecule has 0 aliphatic rings. The predicted octanol–water partition coefficient (Wildman–Crippen LogP) is 2.32. The fraction of sp³-hybridized carbons (Fsp3) is 0.200. The largest absolute Gasteiger partial charge is 0.390 e. The molecule has 0 spiro atoms. The number of para-hydroxylation sites is 1. The van der Waals surface area contributed by atoms with Crippen LogP contribution in [-0.4, -0.2) is 9.67 Å². The molecule has 0 amide bonds. The van der Waals surface area contributed by atoms with Crippen molar-refractivity contribution in [2.45, 2.75) is 6.61 Å². The van der Waals surface area contributed by atoms with Crippen LogP contribution in [0.4, 0.5) is 0 Å². The Morgan fingerprint density at radius 1 is 1.46 bits per heavy atom. The van der Waals surface area contributed by atoms with Gasteiger partial charge in [0.2, 0.25) is 0 Å². The summed E-state index contributed by atoms with van der Waals surface area (Å²) in [6.45, 7) is 0.0432. The minimum atomic E-state index is 0.0432. The van der Waals surface area contributed by atoms with E-state index in [0.29, 0.717) is 0 Å². The maximum atomic E-state index is 9.05. The van der Waals surface area contributed by atoms with Crippen LogP contribution in [0.2, 0.25) is 5.02 Å². The highest BCUT2D eigenvalue weighted by Gasteiger charge is 2.06. The minimum Gasteiger partial charge on any atom is -0.390 e. The fourth-order valence-corrected chi connectivity index (χ4v) is 1.88. The molecule has 2 rings (SSSR count). The molecule has 0 atom stereocenters. The van der Waals surface area contributed by atoms with Gasteiger partial charge in [-0.15, -0.1) is 0 Å². The number of benzene rings is 1. The van der Waals surface area contributed by atoms with Crippen molar-refractivity contribution in [1.82, 2.24) is 4.57 Å². The highest BCUT2D eigenvalue weighted by Crippen LogP contribution is 2.25. The molecule has 0 unspecified atom stereocenters. The predicted molar refractivity (Wildman–Crippen MR) is 53.9 cm³/mol. The zero-order valence-corrected chi connectivity index (χ0v) is 8.04. The van der Waals surface area contributed by atoms with Crippen LogP contribution in [0.15, 0.2) is 24.3 Å². The third-order valence-corrected chi connectivity index (χ3v) is 2.57. The van der Waals surface area contributed by atoms with Crippen molar-refractivity contribution in [1.29, 1.82) is 0 Å². The second-order valence-electron chi connectivity index (χ2n) is 3.03. The second-order valence-corrected chi connectivity index (χ2v) is 3.44. The molecule has 1 N–H and O–H groups in total. The topological polar surface area (TPSA) is 25.2 Å². The van der Waals surface area contributed by atoms with Gasteiger partial charge in [0, 0.05) is 18.1 Å². The van der Waals surface area contributed by atoms with Gasteiger partial charge >= 0.3 is 0 Å². The molecule has 0 saturated carbocycles. The Kier molecular flexibility index (Phi) is 2.02. The summed E-state index contributed by atoms with van der Waals surface area (Å²) in [5.74, 6) is 0. The molecule has 1 heterocycles. The van der Waals surface area contributed by atoms with Crippen LogP contribution >= 0.6 is 11.6 Å². The SMILES string of the molecule is Cn1c(CO)cc2cccc(Cl)c21. The Morgan fingerprint density at radius 3 is 2.85 bits per heavy atom. The van der Waals surface area contributed by atoms with Crippen molar-refractivity contribution in [2.24, 2.45) is 7.05 Å². The monoisotopic (exact) mass is 195 g/mol. The van der Waals surface area contributed by atoms with Gasteiger partial charge in [-0.25, -0.2) is 0 Å². The van der Waals surface area contributed by atoms with Gasteiger partial charge in [0.15, 0.2) is 0 Å². The summed E-state index contributed by atoms with van der Waals surface area (Å²) in [5, 5.41) is 10.8. The molecule has 1 aromatic heterocycles. The summed E-state index contributed by atoms with van der Waals surface area (Å²) >= 11 is 6.03. The Balaban J connectivity index is 2.85. The van der Waals surface area contributed by atoms with Gasteiger partial charge in [-0.05, 0) is 12.1 Å². The van der Waals surface area contributed by atoms with Crippen molar-refractivity contribution in [2.75, 3.05) is 0 Å². The molecule has 2 nitrogen and oxygen atoms in total. The van der Waals surface area contributed by atoms with Gasteiger partial charge < -0.3 is 9.67 Å². The molecule has 0 fully saturated rings. The van der Waals surface area contributed by atoms with E-state index in [0.717, 1.165) is 21.6 Å². The van der Waals surface area contributed by atoms with E-state index >= 15 is 0 Å². The van der Waals surface area contributed by atoms with Gasteiger partial charge in [-0.3, -0.25) is 0 Å². The lowest BCUT2D eigenvalue weighted by Crippen LogP contribution is -1.94. The van der Waals surface area contributed by atoms with E-state index in [1.807, 2.05) is 35.9 Å². The summed E-state index contributed by atoms with van der Waals surface area (Å²) < 4.78 is 1.91. The van der Waals surface area contributed by atoms with Crippen molar-refractivity contribution in [3.8, 4) is 0 Å². The summed E-state index contributed by atoms with van der Waals surface area (Å²) in [4.78, 5) is 0. The van der Waals surface area contributed by atoms with Crippen LogP contribution in [0.25, 0.3) is 10.9 Å². The molecule has 3 heteroatoms. The number of hydrogen-bond donors (Lipinski definition) is 1.